The van der Waals surface area contributed by atoms with Crippen molar-refractivity contribution in [2.45, 2.75) is 13.0 Å². The zero-order valence-electron chi connectivity index (χ0n) is 6.90. The van der Waals surface area contributed by atoms with Crippen LogP contribution in [0, 0.1) is 0 Å². The molecule has 68 valence electrons. The largest absolute Gasteiger partial charge is 0.480 e. The Morgan fingerprint density at radius 3 is 2.58 bits per heavy atom. The molecule has 0 aromatic heterocycles. The van der Waals surface area contributed by atoms with E-state index in [1.54, 1.807) is 5.41 Å². The van der Waals surface area contributed by atoms with Gasteiger partial charge in [0.2, 0.25) is 5.91 Å². The molecule has 0 heterocycles. The molecule has 0 aliphatic rings. The number of carboxylic acids is 1. The highest BCUT2D eigenvalue weighted by atomic mass is 32.2. The summed E-state index contributed by atoms with van der Waals surface area (Å²) in [5, 5.41) is 12.3. The number of hydrogen-bond donors (Lipinski definition) is 2. The fourth-order valence-corrected chi connectivity index (χ4v) is 0.713. The smallest absolute Gasteiger partial charge is 0.325 e. The van der Waals surface area contributed by atoms with Gasteiger partial charge in [-0.25, -0.2) is 0 Å². The van der Waals surface area contributed by atoms with Crippen molar-refractivity contribution in [2.24, 2.45) is 0 Å². The van der Waals surface area contributed by atoms with Crippen LogP contribution in [0.5, 0.6) is 0 Å². The van der Waals surface area contributed by atoms with Crippen molar-refractivity contribution in [3.63, 3.8) is 0 Å². The van der Waals surface area contributed by atoms with E-state index in [0.717, 1.165) is 0 Å². The third kappa shape index (κ3) is 4.79. The number of thioether (sulfide) groups is 1. The Hall–Kier alpha value is -0.970. The van der Waals surface area contributed by atoms with E-state index in [0.29, 0.717) is 0 Å². The number of carboxylic acid groups (broad SMARTS) is 1. The van der Waals surface area contributed by atoms with Gasteiger partial charge in [-0.15, -0.1) is 11.8 Å². The van der Waals surface area contributed by atoms with Gasteiger partial charge in [0.15, 0.2) is 0 Å². The van der Waals surface area contributed by atoms with Crippen molar-refractivity contribution in [3.05, 3.63) is 11.5 Å². The van der Waals surface area contributed by atoms with Crippen LogP contribution in [-0.4, -0.2) is 29.3 Å². The van der Waals surface area contributed by atoms with Gasteiger partial charge in [-0.05, 0) is 18.6 Å². The van der Waals surface area contributed by atoms with Gasteiger partial charge in [0, 0.05) is 6.08 Å². The van der Waals surface area contributed by atoms with Crippen molar-refractivity contribution in [2.75, 3.05) is 6.26 Å². The monoisotopic (exact) mass is 189 g/mol. The lowest BCUT2D eigenvalue weighted by atomic mass is 10.3. The third-order valence-corrected chi connectivity index (χ3v) is 1.49. The molecule has 1 atom stereocenters. The van der Waals surface area contributed by atoms with Crippen molar-refractivity contribution in [3.8, 4) is 0 Å². The fraction of sp³-hybridized carbons (Fsp3) is 0.429. The average Bonchev–Trinajstić information content (AvgIpc) is 2.00. The van der Waals surface area contributed by atoms with Crippen LogP contribution in [0.15, 0.2) is 11.5 Å². The topological polar surface area (TPSA) is 66.4 Å². The van der Waals surface area contributed by atoms with Gasteiger partial charge in [0.1, 0.15) is 6.04 Å². The Kier molecular flexibility index (Phi) is 5.19. The first-order valence-electron chi connectivity index (χ1n) is 3.30. The van der Waals surface area contributed by atoms with E-state index in [1.165, 1.54) is 24.8 Å². The zero-order chi connectivity index (χ0) is 9.56. The Bertz CT molecular complexity index is 203. The summed E-state index contributed by atoms with van der Waals surface area (Å²) in [7, 11) is 0. The van der Waals surface area contributed by atoms with Gasteiger partial charge in [-0.3, -0.25) is 9.59 Å². The SMILES string of the molecule is CS/C=C/C(=O)N[C@@H](C)C(=O)O. The highest BCUT2D eigenvalue weighted by Gasteiger charge is 2.11. The van der Waals surface area contributed by atoms with Crippen molar-refractivity contribution >= 4 is 23.6 Å². The Labute approximate surface area is 75.0 Å². The molecule has 0 rings (SSSR count). The zero-order valence-corrected chi connectivity index (χ0v) is 7.72. The van der Waals surface area contributed by atoms with Crippen LogP contribution >= 0.6 is 11.8 Å². The Morgan fingerprint density at radius 1 is 1.58 bits per heavy atom. The standard InChI is InChI=1S/C7H11NO3S/c1-5(7(10)11)8-6(9)3-4-12-2/h3-5H,1-2H3,(H,8,9)(H,10,11)/b4-3+/t5-/m0/s1. The molecule has 4 nitrogen and oxygen atoms in total. The molecule has 0 radical (unpaired) electrons. The predicted molar refractivity (Wildman–Crippen MR) is 47.9 cm³/mol. The first kappa shape index (κ1) is 11.0. The minimum atomic E-state index is -1.04. The molecule has 0 saturated heterocycles. The van der Waals surface area contributed by atoms with Crippen molar-refractivity contribution < 1.29 is 14.7 Å². The summed E-state index contributed by atoms with van der Waals surface area (Å²) < 4.78 is 0. The molecular weight excluding hydrogens is 178 g/mol. The molecule has 0 aliphatic heterocycles. The van der Waals surface area contributed by atoms with Crippen LogP contribution in [0.1, 0.15) is 6.92 Å². The van der Waals surface area contributed by atoms with Crippen LogP contribution < -0.4 is 5.32 Å². The number of rotatable bonds is 4. The minimum absolute atomic E-state index is 0.390. The highest BCUT2D eigenvalue weighted by molar-refractivity contribution is 8.01. The number of hydrogen-bond acceptors (Lipinski definition) is 3. The molecule has 5 heteroatoms. The number of amides is 1. The number of carbonyl (C=O) groups is 2. The van der Waals surface area contributed by atoms with Gasteiger partial charge >= 0.3 is 5.97 Å². The summed E-state index contributed by atoms with van der Waals surface area (Å²) >= 11 is 1.38. The number of aliphatic carboxylic acids is 1. The lowest BCUT2D eigenvalue weighted by Gasteiger charge is -2.05. The maximum Gasteiger partial charge on any atom is 0.325 e. The second-order valence-electron chi connectivity index (χ2n) is 2.11. The van der Waals surface area contributed by atoms with Gasteiger partial charge < -0.3 is 10.4 Å². The third-order valence-electron chi connectivity index (χ3n) is 1.08. The summed E-state index contributed by atoms with van der Waals surface area (Å²) in [6.45, 7) is 1.41. The molecule has 0 saturated carbocycles. The van der Waals surface area contributed by atoms with E-state index in [9.17, 15) is 9.59 Å². The van der Waals surface area contributed by atoms with Crippen LogP contribution in [0.3, 0.4) is 0 Å². The summed E-state index contributed by atoms with van der Waals surface area (Å²) in [6.07, 6.45) is 3.11. The quantitative estimate of drug-likeness (QED) is 0.630. The highest BCUT2D eigenvalue weighted by Crippen LogP contribution is 1.92. The van der Waals surface area contributed by atoms with Crippen LogP contribution in [0.25, 0.3) is 0 Å². The molecule has 0 spiro atoms. The maximum absolute atomic E-state index is 10.8. The molecule has 0 aromatic rings. The molecule has 1 amide bonds. The normalized spacial score (nSPS) is 12.8. The molecule has 0 aromatic carbocycles. The van der Waals surface area contributed by atoms with Gasteiger partial charge in [0.25, 0.3) is 0 Å². The summed E-state index contributed by atoms with van der Waals surface area (Å²) in [5.41, 5.74) is 0. The number of nitrogens with one attached hydrogen (secondary N) is 1. The molecule has 0 bridgehead atoms. The summed E-state index contributed by atoms with van der Waals surface area (Å²) in [4.78, 5) is 21.1. The van der Waals surface area contributed by atoms with E-state index in [2.05, 4.69) is 5.32 Å². The van der Waals surface area contributed by atoms with E-state index >= 15 is 0 Å². The van der Waals surface area contributed by atoms with E-state index < -0.39 is 12.0 Å². The predicted octanol–water partition coefficient (Wildman–Crippen LogP) is 0.452. The second-order valence-corrected chi connectivity index (χ2v) is 2.85. The van der Waals surface area contributed by atoms with Crippen molar-refractivity contribution in [1.29, 1.82) is 0 Å². The minimum Gasteiger partial charge on any atom is -0.480 e. The fourth-order valence-electron chi connectivity index (χ4n) is 0.453. The van der Waals surface area contributed by atoms with Crippen LogP contribution in [-0.2, 0) is 9.59 Å². The summed E-state index contributed by atoms with van der Waals surface area (Å²) in [6, 6.07) is -0.844. The van der Waals surface area contributed by atoms with E-state index in [-0.39, 0.29) is 5.91 Å². The lowest BCUT2D eigenvalue weighted by molar-refractivity contribution is -0.140. The first-order chi connectivity index (χ1) is 5.57. The number of carbonyl (C=O) groups excluding carboxylic acids is 1. The average molecular weight is 189 g/mol. The molecule has 0 unspecified atom stereocenters. The molecule has 0 fully saturated rings. The maximum atomic E-state index is 10.8. The lowest BCUT2D eigenvalue weighted by Crippen LogP contribution is -2.37. The van der Waals surface area contributed by atoms with Gasteiger partial charge in [-0.2, -0.15) is 0 Å². The Balaban J connectivity index is 3.84. The van der Waals surface area contributed by atoms with Crippen molar-refractivity contribution in [1.82, 2.24) is 5.32 Å². The van der Waals surface area contributed by atoms with Crippen LogP contribution in [0.4, 0.5) is 0 Å². The van der Waals surface area contributed by atoms with E-state index in [1.807, 2.05) is 6.26 Å². The summed E-state index contributed by atoms with van der Waals surface area (Å²) in [5.74, 6) is -1.43. The molecule has 0 aliphatic carbocycles. The second kappa shape index (κ2) is 5.65. The molecule has 12 heavy (non-hydrogen) atoms. The first-order valence-corrected chi connectivity index (χ1v) is 4.59. The van der Waals surface area contributed by atoms with Gasteiger partial charge in [0.05, 0.1) is 0 Å². The molecular formula is C7H11NO3S. The van der Waals surface area contributed by atoms with E-state index in [4.69, 9.17) is 5.11 Å². The molecule has 2 N–H and O–H groups in total. The Morgan fingerprint density at radius 2 is 2.17 bits per heavy atom. The van der Waals surface area contributed by atoms with Crippen LogP contribution in [0.2, 0.25) is 0 Å². The van der Waals surface area contributed by atoms with Gasteiger partial charge in [-0.1, -0.05) is 0 Å².